The van der Waals surface area contributed by atoms with Crippen molar-refractivity contribution in [3.8, 4) is 5.75 Å². The number of para-hydroxylation sites is 1. The van der Waals surface area contributed by atoms with Gasteiger partial charge in [-0.3, -0.25) is 0 Å². The molecule has 0 spiro atoms. The van der Waals surface area contributed by atoms with E-state index in [4.69, 9.17) is 9.15 Å². The van der Waals surface area contributed by atoms with Gasteiger partial charge in [0.15, 0.2) is 0 Å². The predicted octanol–water partition coefficient (Wildman–Crippen LogP) is 1.95. The van der Waals surface area contributed by atoms with Crippen LogP contribution in [-0.2, 0) is 16.4 Å². The number of nitrogens with one attached hydrogen (secondary N) is 1. The Hall–Kier alpha value is -1.83. The van der Waals surface area contributed by atoms with Crippen molar-refractivity contribution in [3.05, 3.63) is 48.4 Å². The van der Waals surface area contributed by atoms with Crippen molar-refractivity contribution in [1.82, 2.24) is 4.72 Å². The molecule has 2 aromatic rings. The van der Waals surface area contributed by atoms with Gasteiger partial charge in [-0.1, -0.05) is 12.1 Å². The highest BCUT2D eigenvalue weighted by molar-refractivity contribution is 7.89. The highest BCUT2D eigenvalue weighted by atomic mass is 32.2. The zero-order valence-electron chi connectivity index (χ0n) is 13.2. The SMILES string of the molecule is CCOc1ccccc1S(=O)(=O)NCC(C)(O)Cc1ccco1. The Bertz CT molecular complexity index is 723. The van der Waals surface area contributed by atoms with Gasteiger partial charge in [-0.15, -0.1) is 0 Å². The number of sulfonamides is 1. The second kappa shape index (κ2) is 7.16. The molecule has 2 N–H and O–H groups in total. The minimum Gasteiger partial charge on any atom is -0.492 e. The van der Waals surface area contributed by atoms with Crippen molar-refractivity contribution in [2.24, 2.45) is 0 Å². The van der Waals surface area contributed by atoms with Crippen molar-refractivity contribution in [2.45, 2.75) is 30.8 Å². The fraction of sp³-hybridized carbons (Fsp3) is 0.375. The summed E-state index contributed by atoms with van der Waals surface area (Å²) in [5.41, 5.74) is -1.27. The van der Waals surface area contributed by atoms with Gasteiger partial charge >= 0.3 is 0 Å². The van der Waals surface area contributed by atoms with Gasteiger partial charge in [0.25, 0.3) is 0 Å². The quantitative estimate of drug-likeness (QED) is 0.767. The predicted molar refractivity (Wildman–Crippen MR) is 85.8 cm³/mol. The normalized spacial score (nSPS) is 14.4. The molecule has 1 atom stereocenters. The maximum atomic E-state index is 12.5. The van der Waals surface area contributed by atoms with Crippen LogP contribution in [0.4, 0.5) is 0 Å². The van der Waals surface area contributed by atoms with Gasteiger partial charge in [0, 0.05) is 13.0 Å². The van der Waals surface area contributed by atoms with Crippen LogP contribution in [0.1, 0.15) is 19.6 Å². The molecule has 0 aliphatic heterocycles. The van der Waals surface area contributed by atoms with Crippen LogP contribution in [0.3, 0.4) is 0 Å². The van der Waals surface area contributed by atoms with Crippen molar-refractivity contribution < 1.29 is 22.7 Å². The van der Waals surface area contributed by atoms with Crippen LogP contribution in [0.5, 0.6) is 5.75 Å². The zero-order chi connectivity index (χ0) is 16.9. The summed E-state index contributed by atoms with van der Waals surface area (Å²) in [6, 6.07) is 9.84. The van der Waals surface area contributed by atoms with Gasteiger partial charge in [-0.25, -0.2) is 13.1 Å². The van der Waals surface area contributed by atoms with Gasteiger partial charge < -0.3 is 14.3 Å². The van der Waals surface area contributed by atoms with E-state index in [0.717, 1.165) is 0 Å². The molecule has 1 aromatic heterocycles. The molecule has 6 nitrogen and oxygen atoms in total. The smallest absolute Gasteiger partial charge is 0.244 e. The lowest BCUT2D eigenvalue weighted by Gasteiger charge is -2.23. The Kier molecular flexibility index (Phi) is 5.46. The third kappa shape index (κ3) is 4.82. The van der Waals surface area contributed by atoms with E-state index >= 15 is 0 Å². The largest absolute Gasteiger partial charge is 0.492 e. The Morgan fingerprint density at radius 3 is 2.65 bits per heavy atom. The van der Waals surface area contributed by atoms with E-state index in [2.05, 4.69) is 4.72 Å². The molecule has 7 heteroatoms. The maximum Gasteiger partial charge on any atom is 0.244 e. The lowest BCUT2D eigenvalue weighted by Crippen LogP contribution is -2.42. The van der Waals surface area contributed by atoms with Gasteiger partial charge in [0.1, 0.15) is 16.4 Å². The molecule has 0 radical (unpaired) electrons. The van der Waals surface area contributed by atoms with Crippen LogP contribution in [0.15, 0.2) is 52.0 Å². The molecule has 1 heterocycles. The first-order chi connectivity index (χ1) is 10.8. The summed E-state index contributed by atoms with van der Waals surface area (Å²) in [6.45, 7) is 3.55. The number of benzene rings is 1. The number of hydrogen-bond acceptors (Lipinski definition) is 5. The van der Waals surface area contributed by atoms with E-state index in [0.29, 0.717) is 12.4 Å². The molecular weight excluding hydrogens is 318 g/mol. The van der Waals surface area contributed by atoms with Crippen molar-refractivity contribution in [3.63, 3.8) is 0 Å². The highest BCUT2D eigenvalue weighted by Gasteiger charge is 2.27. The van der Waals surface area contributed by atoms with E-state index in [1.54, 1.807) is 44.2 Å². The molecule has 126 valence electrons. The van der Waals surface area contributed by atoms with Crippen molar-refractivity contribution in [1.29, 1.82) is 0 Å². The first kappa shape index (κ1) is 17.5. The Morgan fingerprint density at radius 1 is 1.26 bits per heavy atom. The molecule has 0 saturated carbocycles. The molecule has 0 amide bonds. The number of ether oxygens (including phenoxy) is 1. The fourth-order valence-electron chi connectivity index (χ4n) is 2.13. The second-order valence-electron chi connectivity index (χ2n) is 5.46. The minimum absolute atomic E-state index is 0.0515. The van der Waals surface area contributed by atoms with Crippen molar-refractivity contribution in [2.75, 3.05) is 13.2 Å². The van der Waals surface area contributed by atoms with E-state index in [9.17, 15) is 13.5 Å². The fourth-order valence-corrected chi connectivity index (χ4v) is 3.43. The molecule has 1 aromatic carbocycles. The summed E-state index contributed by atoms with van der Waals surface area (Å²) in [5.74, 6) is 0.872. The molecule has 0 fully saturated rings. The standard InChI is InChI=1S/C16H21NO5S/c1-3-21-14-8-4-5-9-15(14)23(19,20)17-12-16(2,18)11-13-7-6-10-22-13/h4-10,17-18H,3,11-12H2,1-2H3. The van der Waals surface area contributed by atoms with Crippen LogP contribution in [0, 0.1) is 0 Å². The van der Waals surface area contributed by atoms with Gasteiger partial charge in [0.2, 0.25) is 10.0 Å². The molecule has 0 aliphatic carbocycles. The lowest BCUT2D eigenvalue weighted by atomic mass is 10.0. The van der Waals surface area contributed by atoms with E-state index in [1.165, 1.54) is 12.3 Å². The maximum absolute atomic E-state index is 12.5. The van der Waals surface area contributed by atoms with Gasteiger partial charge in [0.05, 0.1) is 18.5 Å². The van der Waals surface area contributed by atoms with Crippen LogP contribution < -0.4 is 9.46 Å². The summed E-state index contributed by atoms with van der Waals surface area (Å²) < 4.78 is 37.9. The third-order valence-corrected chi connectivity index (χ3v) is 4.66. The first-order valence-corrected chi connectivity index (χ1v) is 8.78. The van der Waals surface area contributed by atoms with E-state index in [1.807, 2.05) is 0 Å². The average molecular weight is 339 g/mol. The molecule has 0 aliphatic rings. The van der Waals surface area contributed by atoms with Crippen LogP contribution in [0.25, 0.3) is 0 Å². The summed E-state index contributed by atoms with van der Waals surface area (Å²) in [7, 11) is -3.79. The number of furan rings is 1. The van der Waals surface area contributed by atoms with Crippen LogP contribution in [0.2, 0.25) is 0 Å². The van der Waals surface area contributed by atoms with E-state index < -0.39 is 15.6 Å². The molecule has 0 bridgehead atoms. The van der Waals surface area contributed by atoms with E-state index in [-0.39, 0.29) is 23.6 Å². The Labute approximate surface area is 136 Å². The topological polar surface area (TPSA) is 88.8 Å². The number of aliphatic hydroxyl groups is 1. The Balaban J connectivity index is 2.09. The molecule has 23 heavy (non-hydrogen) atoms. The summed E-state index contributed by atoms with van der Waals surface area (Å²) in [4.78, 5) is 0.0515. The molecule has 2 rings (SSSR count). The van der Waals surface area contributed by atoms with Gasteiger partial charge in [-0.2, -0.15) is 0 Å². The third-order valence-electron chi connectivity index (χ3n) is 3.22. The number of hydrogen-bond donors (Lipinski definition) is 2. The van der Waals surface area contributed by atoms with Crippen LogP contribution in [-0.4, -0.2) is 32.3 Å². The lowest BCUT2D eigenvalue weighted by molar-refractivity contribution is 0.0603. The second-order valence-corrected chi connectivity index (χ2v) is 7.19. The summed E-state index contributed by atoms with van der Waals surface area (Å²) >= 11 is 0. The minimum atomic E-state index is -3.79. The Morgan fingerprint density at radius 2 is 2.00 bits per heavy atom. The van der Waals surface area contributed by atoms with Crippen LogP contribution >= 0.6 is 0 Å². The molecule has 0 saturated heterocycles. The van der Waals surface area contributed by atoms with Crippen molar-refractivity contribution >= 4 is 10.0 Å². The molecule has 1 unspecified atom stereocenters. The van der Waals surface area contributed by atoms with Gasteiger partial charge in [-0.05, 0) is 38.1 Å². The highest BCUT2D eigenvalue weighted by Crippen LogP contribution is 2.23. The monoisotopic (exact) mass is 339 g/mol. The molecular formula is C16H21NO5S. The number of rotatable bonds is 8. The summed E-state index contributed by atoms with van der Waals surface area (Å²) in [6.07, 6.45) is 1.71. The zero-order valence-corrected chi connectivity index (χ0v) is 14.0. The summed E-state index contributed by atoms with van der Waals surface area (Å²) in [5, 5.41) is 10.4. The average Bonchev–Trinajstić information content (AvgIpc) is 2.98. The first-order valence-electron chi connectivity index (χ1n) is 7.30.